The number of methoxy groups -OCH3 is 1. The maximum absolute atomic E-state index is 12.6. The van der Waals surface area contributed by atoms with Gasteiger partial charge in [-0.1, -0.05) is 36.7 Å². The minimum Gasteiger partial charge on any atom is -0.496 e. The number of carbonyl (C=O) groups is 1. The van der Waals surface area contributed by atoms with Crippen LogP contribution in [0.3, 0.4) is 0 Å². The zero-order chi connectivity index (χ0) is 17.5. The SMILES string of the molecule is CC[C@H](Sc1ccc(Cl)cc1)C(=O)N[C@@H](C)c1ccccc1OC. The van der Waals surface area contributed by atoms with E-state index >= 15 is 0 Å². The van der Waals surface area contributed by atoms with E-state index in [0.29, 0.717) is 5.02 Å². The van der Waals surface area contributed by atoms with Gasteiger partial charge in [-0.25, -0.2) is 0 Å². The monoisotopic (exact) mass is 363 g/mol. The van der Waals surface area contributed by atoms with Crippen molar-refractivity contribution in [2.75, 3.05) is 7.11 Å². The molecule has 0 fully saturated rings. The number of amides is 1. The van der Waals surface area contributed by atoms with Gasteiger partial charge in [0.1, 0.15) is 5.75 Å². The highest BCUT2D eigenvalue weighted by molar-refractivity contribution is 8.00. The second-order valence-electron chi connectivity index (χ2n) is 5.44. The molecule has 0 aromatic heterocycles. The summed E-state index contributed by atoms with van der Waals surface area (Å²) in [6, 6.07) is 15.2. The Morgan fingerprint density at radius 2 is 1.88 bits per heavy atom. The first-order chi connectivity index (χ1) is 11.5. The molecule has 1 N–H and O–H groups in total. The van der Waals surface area contributed by atoms with Gasteiger partial charge in [0, 0.05) is 15.5 Å². The Balaban J connectivity index is 2.04. The Hall–Kier alpha value is -1.65. The zero-order valence-electron chi connectivity index (χ0n) is 14.1. The summed E-state index contributed by atoms with van der Waals surface area (Å²) in [5, 5.41) is 3.63. The van der Waals surface area contributed by atoms with Crippen LogP contribution in [0.1, 0.15) is 31.9 Å². The summed E-state index contributed by atoms with van der Waals surface area (Å²) in [5.41, 5.74) is 0.972. The average molecular weight is 364 g/mol. The van der Waals surface area contributed by atoms with Gasteiger partial charge in [-0.15, -0.1) is 11.8 Å². The quantitative estimate of drug-likeness (QED) is 0.696. The number of carbonyl (C=O) groups excluding carboxylic acids is 1. The Labute approximate surface area is 152 Å². The van der Waals surface area contributed by atoms with Crippen molar-refractivity contribution >= 4 is 29.3 Å². The number of halogens is 1. The summed E-state index contributed by atoms with van der Waals surface area (Å²) in [6.07, 6.45) is 0.748. The van der Waals surface area contributed by atoms with E-state index in [-0.39, 0.29) is 17.2 Å². The fraction of sp³-hybridized carbons (Fsp3) is 0.316. The van der Waals surface area contributed by atoms with Crippen molar-refractivity contribution in [1.29, 1.82) is 0 Å². The van der Waals surface area contributed by atoms with Crippen molar-refractivity contribution in [3.05, 3.63) is 59.1 Å². The maximum atomic E-state index is 12.6. The van der Waals surface area contributed by atoms with Crippen molar-refractivity contribution in [2.24, 2.45) is 0 Å². The highest BCUT2D eigenvalue weighted by atomic mass is 35.5. The molecule has 0 saturated carbocycles. The fourth-order valence-corrected chi connectivity index (χ4v) is 3.50. The van der Waals surface area contributed by atoms with Gasteiger partial charge in [0.15, 0.2) is 0 Å². The van der Waals surface area contributed by atoms with Crippen molar-refractivity contribution in [3.63, 3.8) is 0 Å². The lowest BCUT2D eigenvalue weighted by molar-refractivity contribution is -0.121. The lowest BCUT2D eigenvalue weighted by Crippen LogP contribution is -2.34. The first-order valence-electron chi connectivity index (χ1n) is 7.90. The van der Waals surface area contributed by atoms with Crippen LogP contribution in [0, 0.1) is 0 Å². The van der Waals surface area contributed by atoms with Crippen LogP contribution < -0.4 is 10.1 Å². The van der Waals surface area contributed by atoms with E-state index in [4.69, 9.17) is 16.3 Å². The van der Waals surface area contributed by atoms with E-state index in [1.165, 1.54) is 0 Å². The van der Waals surface area contributed by atoms with Gasteiger partial charge >= 0.3 is 0 Å². The Morgan fingerprint density at radius 1 is 1.21 bits per heavy atom. The highest BCUT2D eigenvalue weighted by Crippen LogP contribution is 2.29. The normalized spacial score (nSPS) is 13.2. The molecule has 0 bridgehead atoms. The van der Waals surface area contributed by atoms with Crippen LogP contribution in [0.4, 0.5) is 0 Å². The molecule has 0 saturated heterocycles. The van der Waals surface area contributed by atoms with Crippen LogP contribution in [-0.2, 0) is 4.79 Å². The van der Waals surface area contributed by atoms with Crippen LogP contribution in [0.15, 0.2) is 53.4 Å². The second-order valence-corrected chi connectivity index (χ2v) is 7.15. The van der Waals surface area contributed by atoms with E-state index in [1.807, 2.05) is 62.4 Å². The molecule has 2 rings (SSSR count). The van der Waals surface area contributed by atoms with Gasteiger partial charge in [-0.05, 0) is 43.7 Å². The van der Waals surface area contributed by atoms with Gasteiger partial charge in [-0.2, -0.15) is 0 Å². The molecule has 5 heteroatoms. The number of hydrogen-bond donors (Lipinski definition) is 1. The third-order valence-electron chi connectivity index (χ3n) is 3.72. The molecule has 24 heavy (non-hydrogen) atoms. The van der Waals surface area contributed by atoms with Crippen LogP contribution in [-0.4, -0.2) is 18.3 Å². The average Bonchev–Trinajstić information content (AvgIpc) is 2.60. The summed E-state index contributed by atoms with van der Waals surface area (Å²) in [6.45, 7) is 3.98. The third-order valence-corrected chi connectivity index (χ3v) is 5.35. The summed E-state index contributed by atoms with van der Waals surface area (Å²) >= 11 is 7.46. The van der Waals surface area contributed by atoms with Crippen LogP contribution in [0.2, 0.25) is 5.02 Å². The molecular formula is C19H22ClNO2S. The van der Waals surface area contributed by atoms with E-state index in [2.05, 4.69) is 5.32 Å². The second kappa shape index (κ2) is 9.00. The van der Waals surface area contributed by atoms with Crippen LogP contribution in [0.5, 0.6) is 5.75 Å². The first-order valence-corrected chi connectivity index (χ1v) is 9.16. The Kier molecular flexibility index (Phi) is 7.00. The minimum atomic E-state index is -0.150. The lowest BCUT2D eigenvalue weighted by atomic mass is 10.1. The molecule has 0 radical (unpaired) electrons. The molecule has 1 amide bonds. The first kappa shape index (κ1) is 18.7. The zero-order valence-corrected chi connectivity index (χ0v) is 15.7. The topological polar surface area (TPSA) is 38.3 Å². The molecule has 0 aliphatic heterocycles. The summed E-state index contributed by atoms with van der Waals surface area (Å²) in [7, 11) is 1.64. The standard InChI is InChI=1S/C19H22ClNO2S/c1-4-18(24-15-11-9-14(20)10-12-15)19(22)21-13(2)16-7-5-6-8-17(16)23-3/h5-13,18H,4H2,1-3H3,(H,21,22)/t13-,18-/m0/s1. The number of hydrogen-bond acceptors (Lipinski definition) is 3. The molecule has 0 aliphatic carbocycles. The molecule has 0 unspecified atom stereocenters. The van der Waals surface area contributed by atoms with Crippen molar-refractivity contribution in [1.82, 2.24) is 5.32 Å². The van der Waals surface area contributed by atoms with Gasteiger partial charge in [-0.3, -0.25) is 4.79 Å². The molecule has 128 valence electrons. The molecular weight excluding hydrogens is 342 g/mol. The number of rotatable bonds is 7. The number of nitrogens with one attached hydrogen (secondary N) is 1. The van der Waals surface area contributed by atoms with Gasteiger partial charge in [0.2, 0.25) is 5.91 Å². The molecule has 0 aliphatic rings. The molecule has 0 spiro atoms. The summed E-state index contributed by atoms with van der Waals surface area (Å²) in [5.74, 6) is 0.805. The highest BCUT2D eigenvalue weighted by Gasteiger charge is 2.21. The maximum Gasteiger partial charge on any atom is 0.233 e. The largest absolute Gasteiger partial charge is 0.496 e. The number of para-hydroxylation sites is 1. The van der Waals surface area contributed by atoms with Crippen LogP contribution in [0.25, 0.3) is 0 Å². The van der Waals surface area contributed by atoms with E-state index in [9.17, 15) is 4.79 Å². The Bertz CT molecular complexity index is 675. The molecule has 3 nitrogen and oxygen atoms in total. The van der Waals surface area contributed by atoms with E-state index < -0.39 is 0 Å². The smallest absolute Gasteiger partial charge is 0.233 e. The number of benzene rings is 2. The number of ether oxygens (including phenoxy) is 1. The van der Waals surface area contributed by atoms with Gasteiger partial charge in [0.05, 0.1) is 18.4 Å². The van der Waals surface area contributed by atoms with Gasteiger partial charge in [0.25, 0.3) is 0 Å². The minimum absolute atomic E-state index is 0.0239. The predicted molar refractivity (Wildman–Crippen MR) is 101 cm³/mol. The predicted octanol–water partition coefficient (Wildman–Crippen LogP) is 5.10. The van der Waals surface area contributed by atoms with Crippen molar-refractivity contribution < 1.29 is 9.53 Å². The molecule has 2 aromatic rings. The molecule has 0 heterocycles. The molecule has 2 atom stereocenters. The lowest BCUT2D eigenvalue weighted by Gasteiger charge is -2.21. The van der Waals surface area contributed by atoms with Crippen LogP contribution >= 0.6 is 23.4 Å². The molecule has 2 aromatic carbocycles. The van der Waals surface area contributed by atoms with E-state index in [0.717, 1.165) is 22.6 Å². The van der Waals surface area contributed by atoms with E-state index in [1.54, 1.807) is 18.9 Å². The fourth-order valence-electron chi connectivity index (χ4n) is 2.41. The third kappa shape index (κ3) is 4.92. The summed E-state index contributed by atoms with van der Waals surface area (Å²) < 4.78 is 5.37. The number of thioether (sulfide) groups is 1. The van der Waals surface area contributed by atoms with Gasteiger partial charge < -0.3 is 10.1 Å². The van der Waals surface area contributed by atoms with Crippen molar-refractivity contribution in [2.45, 2.75) is 36.5 Å². The Morgan fingerprint density at radius 3 is 2.50 bits per heavy atom. The summed E-state index contributed by atoms with van der Waals surface area (Å²) in [4.78, 5) is 13.7. The van der Waals surface area contributed by atoms with Crippen molar-refractivity contribution in [3.8, 4) is 5.75 Å².